The molecule has 0 aliphatic carbocycles. The molecule has 0 amide bonds. The van der Waals surface area contributed by atoms with Crippen LogP contribution in [-0.2, 0) is 0 Å². The molecule has 114 valence electrons. The molecule has 0 spiro atoms. The van der Waals surface area contributed by atoms with Gasteiger partial charge < -0.3 is 10.1 Å². The van der Waals surface area contributed by atoms with Gasteiger partial charge in [-0.1, -0.05) is 11.6 Å². The molecule has 2 nitrogen and oxygen atoms in total. The molecular formula is C15H22Cl2FNO. The normalized spacial score (nSPS) is 21.1. The highest BCUT2D eigenvalue weighted by atomic mass is 35.5. The van der Waals surface area contributed by atoms with Crippen LogP contribution in [0, 0.1) is 5.82 Å². The third kappa shape index (κ3) is 4.51. The summed E-state index contributed by atoms with van der Waals surface area (Å²) in [5.74, 6) is 0.104. The Morgan fingerprint density at radius 3 is 2.30 bits per heavy atom. The smallest absolute Gasteiger partial charge is 0.141 e. The van der Waals surface area contributed by atoms with Gasteiger partial charge in [-0.2, -0.15) is 0 Å². The van der Waals surface area contributed by atoms with E-state index >= 15 is 0 Å². The zero-order chi connectivity index (χ0) is 14.3. The highest BCUT2D eigenvalue weighted by molar-refractivity contribution is 6.32. The Kier molecular flexibility index (Phi) is 5.34. The topological polar surface area (TPSA) is 21.3 Å². The van der Waals surface area contributed by atoms with Gasteiger partial charge in [-0.25, -0.2) is 4.39 Å². The second-order valence-electron chi connectivity index (χ2n) is 6.62. The van der Waals surface area contributed by atoms with E-state index in [0.717, 1.165) is 12.8 Å². The minimum absolute atomic E-state index is 0. The summed E-state index contributed by atoms with van der Waals surface area (Å²) in [5.41, 5.74) is -0.0154. The summed E-state index contributed by atoms with van der Waals surface area (Å²) in [7, 11) is 0. The molecule has 1 fully saturated rings. The lowest BCUT2D eigenvalue weighted by atomic mass is 9.81. The van der Waals surface area contributed by atoms with Crippen LogP contribution in [0.5, 0.6) is 5.75 Å². The molecule has 20 heavy (non-hydrogen) atoms. The maximum absolute atomic E-state index is 13.3. The maximum Gasteiger partial charge on any atom is 0.141 e. The molecule has 1 aliphatic heterocycles. The number of piperidine rings is 1. The summed E-state index contributed by atoms with van der Waals surface area (Å²) in [6.07, 6.45) is 1.76. The molecule has 0 radical (unpaired) electrons. The van der Waals surface area contributed by atoms with E-state index in [1.54, 1.807) is 0 Å². The molecular weight excluding hydrogens is 300 g/mol. The summed E-state index contributed by atoms with van der Waals surface area (Å²) >= 11 is 6.05. The van der Waals surface area contributed by atoms with Crippen molar-refractivity contribution in [2.45, 2.75) is 57.7 Å². The predicted molar refractivity (Wildman–Crippen MR) is 83.6 cm³/mol. The summed E-state index contributed by atoms with van der Waals surface area (Å²) < 4.78 is 19.2. The van der Waals surface area contributed by atoms with Gasteiger partial charge in [-0.15, -0.1) is 12.4 Å². The molecule has 0 bridgehead atoms. The van der Waals surface area contributed by atoms with Gasteiger partial charge in [0, 0.05) is 30.0 Å². The van der Waals surface area contributed by atoms with E-state index in [4.69, 9.17) is 16.3 Å². The number of halogens is 3. The molecule has 5 heteroatoms. The van der Waals surface area contributed by atoms with E-state index < -0.39 is 0 Å². The largest absolute Gasteiger partial charge is 0.489 e. The molecule has 0 saturated carbocycles. The molecule has 1 heterocycles. The zero-order valence-corrected chi connectivity index (χ0v) is 13.9. The molecule has 1 saturated heterocycles. The van der Waals surface area contributed by atoms with Crippen LogP contribution < -0.4 is 10.1 Å². The van der Waals surface area contributed by atoms with Crippen molar-refractivity contribution in [3.63, 3.8) is 0 Å². The first-order chi connectivity index (χ1) is 8.67. The third-order valence-electron chi connectivity index (χ3n) is 3.34. The fourth-order valence-corrected chi connectivity index (χ4v) is 3.22. The Morgan fingerprint density at radius 1 is 1.20 bits per heavy atom. The molecule has 2 rings (SSSR count). The maximum atomic E-state index is 13.3. The second kappa shape index (κ2) is 6.08. The van der Waals surface area contributed by atoms with Gasteiger partial charge in [0.25, 0.3) is 0 Å². The average molecular weight is 322 g/mol. The zero-order valence-electron chi connectivity index (χ0n) is 12.3. The van der Waals surface area contributed by atoms with Crippen LogP contribution in [0.3, 0.4) is 0 Å². The standard InChI is InChI=1S/C15H21ClFNO.ClH/c1-14(2)8-11(9-15(3,4)18-14)19-13-7-10(17)5-6-12(13)16;/h5-7,11,18H,8-9H2,1-4H3;1H. The molecule has 0 unspecified atom stereocenters. The number of benzene rings is 1. The molecule has 1 N–H and O–H groups in total. The molecule has 1 aromatic carbocycles. The fraction of sp³-hybridized carbons (Fsp3) is 0.600. The third-order valence-corrected chi connectivity index (χ3v) is 3.65. The van der Waals surface area contributed by atoms with Crippen molar-refractivity contribution in [2.75, 3.05) is 0 Å². The Morgan fingerprint density at radius 2 is 1.75 bits per heavy atom. The summed E-state index contributed by atoms with van der Waals surface area (Å²) in [6.45, 7) is 8.60. The number of rotatable bonds is 2. The van der Waals surface area contributed by atoms with Crippen molar-refractivity contribution in [1.82, 2.24) is 5.32 Å². The minimum Gasteiger partial charge on any atom is -0.489 e. The molecule has 0 atom stereocenters. The fourth-order valence-electron chi connectivity index (χ4n) is 3.06. The summed E-state index contributed by atoms with van der Waals surface area (Å²) in [5, 5.41) is 4.04. The highest BCUT2D eigenvalue weighted by Gasteiger charge is 2.38. The number of hydrogen-bond acceptors (Lipinski definition) is 2. The average Bonchev–Trinajstić information content (AvgIpc) is 2.18. The Balaban J connectivity index is 0.00000200. The number of ether oxygens (including phenoxy) is 1. The SMILES string of the molecule is CC1(C)CC(Oc2cc(F)ccc2Cl)CC(C)(C)N1.Cl. The van der Waals surface area contributed by atoms with Crippen molar-refractivity contribution in [3.8, 4) is 5.75 Å². The van der Waals surface area contributed by atoms with Gasteiger partial charge >= 0.3 is 0 Å². The predicted octanol–water partition coefficient (Wildman–Crippen LogP) is 4.59. The van der Waals surface area contributed by atoms with Crippen LogP contribution in [0.15, 0.2) is 18.2 Å². The van der Waals surface area contributed by atoms with E-state index in [1.165, 1.54) is 18.2 Å². The van der Waals surface area contributed by atoms with E-state index in [9.17, 15) is 4.39 Å². The van der Waals surface area contributed by atoms with Crippen LogP contribution in [0.2, 0.25) is 5.02 Å². The minimum atomic E-state index is -0.327. The van der Waals surface area contributed by atoms with Crippen molar-refractivity contribution >= 4 is 24.0 Å². The second-order valence-corrected chi connectivity index (χ2v) is 7.02. The lowest BCUT2D eigenvalue weighted by Gasteiger charge is -2.46. The lowest BCUT2D eigenvalue weighted by molar-refractivity contribution is 0.0558. The van der Waals surface area contributed by atoms with Gasteiger partial charge in [0.1, 0.15) is 17.7 Å². The highest BCUT2D eigenvalue weighted by Crippen LogP contribution is 2.33. The molecule has 0 aromatic heterocycles. The Labute approximate surface area is 131 Å². The number of nitrogens with one attached hydrogen (secondary N) is 1. The first-order valence-electron chi connectivity index (χ1n) is 6.58. The van der Waals surface area contributed by atoms with Crippen LogP contribution in [-0.4, -0.2) is 17.2 Å². The molecule has 1 aliphatic rings. The Hall–Kier alpha value is -0.510. The Bertz CT molecular complexity index is 461. The molecule has 1 aromatic rings. The van der Waals surface area contributed by atoms with Gasteiger partial charge in [0.2, 0.25) is 0 Å². The van der Waals surface area contributed by atoms with Gasteiger partial charge in [0.05, 0.1) is 5.02 Å². The van der Waals surface area contributed by atoms with Crippen LogP contribution in [0.1, 0.15) is 40.5 Å². The first-order valence-corrected chi connectivity index (χ1v) is 6.96. The van der Waals surface area contributed by atoms with Gasteiger partial charge in [-0.3, -0.25) is 0 Å². The van der Waals surface area contributed by atoms with E-state index in [0.29, 0.717) is 10.8 Å². The summed E-state index contributed by atoms with van der Waals surface area (Å²) in [4.78, 5) is 0. The van der Waals surface area contributed by atoms with Gasteiger partial charge in [0.15, 0.2) is 0 Å². The van der Waals surface area contributed by atoms with Crippen molar-refractivity contribution in [2.24, 2.45) is 0 Å². The lowest BCUT2D eigenvalue weighted by Crippen LogP contribution is -2.60. The number of hydrogen-bond donors (Lipinski definition) is 1. The van der Waals surface area contributed by atoms with E-state index in [-0.39, 0.29) is 35.4 Å². The van der Waals surface area contributed by atoms with Crippen LogP contribution in [0.4, 0.5) is 4.39 Å². The quantitative estimate of drug-likeness (QED) is 0.860. The van der Waals surface area contributed by atoms with Gasteiger partial charge in [-0.05, 0) is 39.8 Å². The van der Waals surface area contributed by atoms with E-state index in [1.807, 2.05) is 0 Å². The van der Waals surface area contributed by atoms with Crippen molar-refractivity contribution in [3.05, 3.63) is 29.0 Å². The summed E-state index contributed by atoms with van der Waals surface area (Å²) in [6, 6.07) is 4.22. The van der Waals surface area contributed by atoms with Crippen LogP contribution >= 0.6 is 24.0 Å². The first kappa shape index (κ1) is 17.5. The van der Waals surface area contributed by atoms with Crippen LogP contribution in [0.25, 0.3) is 0 Å². The van der Waals surface area contributed by atoms with Crippen molar-refractivity contribution < 1.29 is 9.13 Å². The monoisotopic (exact) mass is 321 g/mol. The van der Waals surface area contributed by atoms with E-state index in [2.05, 4.69) is 33.0 Å². The van der Waals surface area contributed by atoms with Crippen molar-refractivity contribution in [1.29, 1.82) is 0 Å².